The van der Waals surface area contributed by atoms with Gasteiger partial charge in [0.05, 0.1) is 4.92 Å². The summed E-state index contributed by atoms with van der Waals surface area (Å²) in [6.45, 7) is 4.43. The SMILES string of the molecule is CC1(C)CCC(Oc2nc(N)ncc2[N+](=O)[O-])CC1. The van der Waals surface area contributed by atoms with E-state index in [1.807, 2.05) is 0 Å². The summed E-state index contributed by atoms with van der Waals surface area (Å²) >= 11 is 0. The Kier molecular flexibility index (Phi) is 3.55. The van der Waals surface area contributed by atoms with Gasteiger partial charge in [-0.1, -0.05) is 13.8 Å². The van der Waals surface area contributed by atoms with Gasteiger partial charge in [-0.25, -0.2) is 4.98 Å². The van der Waals surface area contributed by atoms with Crippen LogP contribution in [0.5, 0.6) is 5.88 Å². The average Bonchev–Trinajstić information content (AvgIpc) is 2.31. The summed E-state index contributed by atoms with van der Waals surface area (Å²) < 4.78 is 5.65. The van der Waals surface area contributed by atoms with E-state index in [1.54, 1.807) is 0 Å². The predicted molar refractivity (Wildman–Crippen MR) is 69.8 cm³/mol. The second kappa shape index (κ2) is 4.99. The number of nitro groups is 1. The zero-order chi connectivity index (χ0) is 14.0. The molecule has 0 atom stereocenters. The molecule has 0 spiro atoms. The van der Waals surface area contributed by atoms with Crippen LogP contribution >= 0.6 is 0 Å². The molecule has 0 aliphatic heterocycles. The Morgan fingerprint density at radius 1 is 1.47 bits per heavy atom. The van der Waals surface area contributed by atoms with Crippen LogP contribution in [-0.4, -0.2) is 21.0 Å². The summed E-state index contributed by atoms with van der Waals surface area (Å²) in [5, 5.41) is 10.9. The first-order valence-corrected chi connectivity index (χ1v) is 6.31. The largest absolute Gasteiger partial charge is 0.469 e. The normalized spacial score (nSPS) is 19.1. The molecule has 7 heteroatoms. The molecule has 1 aromatic rings. The highest BCUT2D eigenvalue weighted by atomic mass is 16.6. The lowest BCUT2D eigenvalue weighted by Gasteiger charge is -2.33. The Morgan fingerprint density at radius 2 is 2.11 bits per heavy atom. The topological polar surface area (TPSA) is 104 Å². The highest BCUT2D eigenvalue weighted by Crippen LogP contribution is 2.37. The van der Waals surface area contributed by atoms with E-state index in [-0.39, 0.29) is 23.6 Å². The maximum atomic E-state index is 10.9. The van der Waals surface area contributed by atoms with Crippen molar-refractivity contribution in [2.45, 2.75) is 45.6 Å². The van der Waals surface area contributed by atoms with Crippen molar-refractivity contribution < 1.29 is 9.66 Å². The number of aromatic nitrogens is 2. The first kappa shape index (κ1) is 13.5. The van der Waals surface area contributed by atoms with Crippen LogP contribution in [0, 0.1) is 15.5 Å². The van der Waals surface area contributed by atoms with Gasteiger partial charge in [0.25, 0.3) is 5.88 Å². The van der Waals surface area contributed by atoms with Crippen LogP contribution in [0.3, 0.4) is 0 Å². The van der Waals surface area contributed by atoms with Crippen LogP contribution in [0.1, 0.15) is 39.5 Å². The zero-order valence-corrected chi connectivity index (χ0v) is 11.1. The van der Waals surface area contributed by atoms with Crippen molar-refractivity contribution in [1.29, 1.82) is 0 Å². The van der Waals surface area contributed by atoms with Crippen molar-refractivity contribution in [3.05, 3.63) is 16.3 Å². The molecule has 1 aliphatic carbocycles. The van der Waals surface area contributed by atoms with E-state index in [0.29, 0.717) is 5.41 Å². The van der Waals surface area contributed by atoms with Crippen molar-refractivity contribution in [2.24, 2.45) is 5.41 Å². The summed E-state index contributed by atoms with van der Waals surface area (Å²) in [5.41, 5.74) is 5.53. The molecule has 0 radical (unpaired) electrons. The molecule has 0 saturated heterocycles. The lowest BCUT2D eigenvalue weighted by atomic mass is 9.76. The van der Waals surface area contributed by atoms with E-state index in [4.69, 9.17) is 10.5 Å². The van der Waals surface area contributed by atoms with Gasteiger partial charge in [-0.15, -0.1) is 0 Å². The molecule has 1 heterocycles. The minimum absolute atomic E-state index is 0.0169. The van der Waals surface area contributed by atoms with Gasteiger partial charge in [0.15, 0.2) is 0 Å². The van der Waals surface area contributed by atoms with Gasteiger partial charge in [0.1, 0.15) is 12.3 Å². The van der Waals surface area contributed by atoms with Crippen LogP contribution in [0.25, 0.3) is 0 Å². The third-order valence-electron chi connectivity index (χ3n) is 3.52. The van der Waals surface area contributed by atoms with Crippen molar-refractivity contribution in [2.75, 3.05) is 5.73 Å². The van der Waals surface area contributed by atoms with Gasteiger partial charge < -0.3 is 10.5 Å². The quantitative estimate of drug-likeness (QED) is 0.665. The van der Waals surface area contributed by atoms with Crippen LogP contribution in [0.4, 0.5) is 11.6 Å². The monoisotopic (exact) mass is 266 g/mol. The van der Waals surface area contributed by atoms with Crippen molar-refractivity contribution in [1.82, 2.24) is 9.97 Å². The number of nitrogen functional groups attached to an aromatic ring is 1. The summed E-state index contributed by atoms with van der Waals surface area (Å²) in [4.78, 5) is 17.8. The molecule has 104 valence electrons. The minimum atomic E-state index is -0.554. The fraction of sp³-hybridized carbons (Fsp3) is 0.667. The highest BCUT2D eigenvalue weighted by molar-refractivity contribution is 5.41. The van der Waals surface area contributed by atoms with E-state index >= 15 is 0 Å². The minimum Gasteiger partial charge on any atom is -0.469 e. The zero-order valence-electron chi connectivity index (χ0n) is 11.1. The van der Waals surface area contributed by atoms with E-state index in [2.05, 4.69) is 23.8 Å². The van der Waals surface area contributed by atoms with Gasteiger partial charge in [0.2, 0.25) is 5.95 Å². The molecule has 1 saturated carbocycles. The van der Waals surface area contributed by atoms with Crippen molar-refractivity contribution in [3.63, 3.8) is 0 Å². The molecule has 0 amide bonds. The number of anilines is 1. The Balaban J connectivity index is 2.11. The van der Waals surface area contributed by atoms with E-state index in [0.717, 1.165) is 31.9 Å². The molecule has 1 aromatic heterocycles. The van der Waals surface area contributed by atoms with Crippen molar-refractivity contribution >= 4 is 11.6 Å². The van der Waals surface area contributed by atoms with E-state index in [1.165, 1.54) is 0 Å². The molecule has 7 nitrogen and oxygen atoms in total. The van der Waals surface area contributed by atoms with Crippen LogP contribution in [-0.2, 0) is 0 Å². The number of nitrogens with two attached hydrogens (primary N) is 1. The number of nitrogens with zero attached hydrogens (tertiary/aromatic N) is 3. The molecule has 0 bridgehead atoms. The smallest absolute Gasteiger partial charge is 0.349 e. The summed E-state index contributed by atoms with van der Waals surface area (Å²) in [6.07, 6.45) is 4.85. The van der Waals surface area contributed by atoms with E-state index in [9.17, 15) is 10.1 Å². The number of rotatable bonds is 3. The van der Waals surface area contributed by atoms with Gasteiger partial charge in [0, 0.05) is 0 Å². The fourth-order valence-corrected chi connectivity index (χ4v) is 2.23. The van der Waals surface area contributed by atoms with Gasteiger partial charge >= 0.3 is 5.69 Å². The molecule has 2 rings (SSSR count). The molecule has 0 aromatic carbocycles. The number of hydrogen-bond donors (Lipinski definition) is 1. The maximum Gasteiger partial charge on any atom is 0.349 e. The van der Waals surface area contributed by atoms with Gasteiger partial charge in [-0.3, -0.25) is 10.1 Å². The first-order valence-electron chi connectivity index (χ1n) is 6.31. The first-order chi connectivity index (χ1) is 8.87. The van der Waals surface area contributed by atoms with Crippen LogP contribution in [0.15, 0.2) is 6.20 Å². The lowest BCUT2D eigenvalue weighted by molar-refractivity contribution is -0.386. The summed E-state index contributed by atoms with van der Waals surface area (Å²) in [7, 11) is 0. The molecule has 2 N–H and O–H groups in total. The van der Waals surface area contributed by atoms with Crippen molar-refractivity contribution in [3.8, 4) is 5.88 Å². The van der Waals surface area contributed by atoms with Crippen LogP contribution in [0.2, 0.25) is 0 Å². The number of ether oxygens (including phenoxy) is 1. The summed E-state index contributed by atoms with van der Waals surface area (Å²) in [6, 6.07) is 0. The number of hydrogen-bond acceptors (Lipinski definition) is 6. The predicted octanol–water partition coefficient (Wildman–Crippen LogP) is 2.31. The third-order valence-corrected chi connectivity index (χ3v) is 3.52. The second-order valence-electron chi connectivity index (χ2n) is 5.66. The Morgan fingerprint density at radius 3 is 2.68 bits per heavy atom. The van der Waals surface area contributed by atoms with Crippen LogP contribution < -0.4 is 10.5 Å². The Hall–Kier alpha value is -1.92. The lowest BCUT2D eigenvalue weighted by Crippen LogP contribution is -2.28. The molecule has 1 fully saturated rings. The Labute approximate surface area is 111 Å². The standard InChI is InChI=1S/C12H18N4O3/c1-12(2)5-3-8(4-6-12)19-10-9(16(17)18)7-14-11(13)15-10/h7-8H,3-6H2,1-2H3,(H2,13,14,15). The highest BCUT2D eigenvalue weighted by Gasteiger charge is 2.30. The maximum absolute atomic E-state index is 10.9. The average molecular weight is 266 g/mol. The summed E-state index contributed by atoms with van der Waals surface area (Å²) in [5.74, 6) is -0.0426. The molecule has 19 heavy (non-hydrogen) atoms. The molecule has 0 unspecified atom stereocenters. The molecular weight excluding hydrogens is 248 g/mol. The third kappa shape index (κ3) is 3.30. The fourth-order valence-electron chi connectivity index (χ4n) is 2.23. The second-order valence-corrected chi connectivity index (χ2v) is 5.66. The van der Waals surface area contributed by atoms with Gasteiger partial charge in [-0.05, 0) is 31.1 Å². The Bertz CT molecular complexity index is 480. The molecule has 1 aliphatic rings. The molecular formula is C12H18N4O3. The van der Waals surface area contributed by atoms with E-state index < -0.39 is 4.92 Å². The van der Waals surface area contributed by atoms with Gasteiger partial charge in [-0.2, -0.15) is 4.98 Å².